The zero-order valence-electron chi connectivity index (χ0n) is 12.3. The van der Waals surface area contributed by atoms with Crippen LogP contribution in [0.25, 0.3) is 0 Å². The van der Waals surface area contributed by atoms with E-state index in [1.165, 1.54) is 19.2 Å². The fraction of sp³-hybridized carbons (Fsp3) is 0.235. The van der Waals surface area contributed by atoms with Crippen molar-refractivity contribution in [2.45, 2.75) is 19.9 Å². The Balaban J connectivity index is 2.14. The van der Waals surface area contributed by atoms with Crippen LogP contribution in [0.4, 0.5) is 4.39 Å². The fourth-order valence-electron chi connectivity index (χ4n) is 2.24. The van der Waals surface area contributed by atoms with Gasteiger partial charge in [-0.1, -0.05) is 24.3 Å². The van der Waals surface area contributed by atoms with Crippen LogP contribution in [-0.2, 0) is 0 Å². The van der Waals surface area contributed by atoms with Crippen LogP contribution >= 0.6 is 0 Å². The van der Waals surface area contributed by atoms with E-state index in [-0.39, 0.29) is 23.3 Å². The molecule has 21 heavy (non-hydrogen) atoms. The number of carbonyl (C=O) groups excluding carboxylic acids is 1. The zero-order chi connectivity index (χ0) is 15.4. The van der Waals surface area contributed by atoms with Gasteiger partial charge >= 0.3 is 0 Å². The van der Waals surface area contributed by atoms with Gasteiger partial charge in [-0.2, -0.15) is 0 Å². The van der Waals surface area contributed by atoms with Crippen molar-refractivity contribution in [1.82, 2.24) is 5.32 Å². The molecule has 0 spiro atoms. The van der Waals surface area contributed by atoms with Gasteiger partial charge in [0, 0.05) is 5.56 Å². The maximum Gasteiger partial charge on any atom is 0.251 e. The molecule has 110 valence electrons. The minimum absolute atomic E-state index is 0.124. The molecule has 4 heteroatoms. The number of hydrogen-bond acceptors (Lipinski definition) is 2. The van der Waals surface area contributed by atoms with Crippen molar-refractivity contribution in [2.24, 2.45) is 0 Å². The molecular weight excluding hydrogens is 269 g/mol. The van der Waals surface area contributed by atoms with Gasteiger partial charge in [-0.25, -0.2) is 4.39 Å². The summed E-state index contributed by atoms with van der Waals surface area (Å²) in [5.41, 5.74) is 2.42. The number of nitrogens with one attached hydrogen (secondary N) is 1. The highest BCUT2D eigenvalue weighted by molar-refractivity contribution is 5.94. The predicted octanol–water partition coefficient (Wildman–Crippen LogP) is 3.63. The Kier molecular flexibility index (Phi) is 4.58. The van der Waals surface area contributed by atoms with Crippen LogP contribution in [0.1, 0.15) is 34.5 Å². The highest BCUT2D eigenvalue weighted by Crippen LogP contribution is 2.20. The average molecular weight is 287 g/mol. The summed E-state index contributed by atoms with van der Waals surface area (Å²) in [6.45, 7) is 3.89. The summed E-state index contributed by atoms with van der Waals surface area (Å²) in [5.74, 6) is -0.737. The summed E-state index contributed by atoms with van der Waals surface area (Å²) >= 11 is 0. The third-order valence-electron chi connectivity index (χ3n) is 3.42. The lowest BCUT2D eigenvalue weighted by atomic mass is 10.0. The molecule has 0 bridgehead atoms. The first kappa shape index (κ1) is 15.0. The van der Waals surface area contributed by atoms with Crippen molar-refractivity contribution in [2.75, 3.05) is 7.11 Å². The number of rotatable bonds is 4. The van der Waals surface area contributed by atoms with Gasteiger partial charge < -0.3 is 10.1 Å². The second-order valence-electron chi connectivity index (χ2n) is 4.90. The van der Waals surface area contributed by atoms with Crippen molar-refractivity contribution < 1.29 is 13.9 Å². The SMILES string of the molecule is COc1ccc(C(=O)N[C@H](C)c2ccccc2C)cc1F. The molecule has 0 aliphatic heterocycles. The van der Waals surface area contributed by atoms with Gasteiger partial charge in [-0.3, -0.25) is 4.79 Å². The molecule has 0 unspecified atom stereocenters. The summed E-state index contributed by atoms with van der Waals surface area (Å²) in [6, 6.07) is 11.9. The third kappa shape index (κ3) is 3.40. The van der Waals surface area contributed by atoms with Crippen molar-refractivity contribution in [3.8, 4) is 5.75 Å². The summed E-state index contributed by atoms with van der Waals surface area (Å²) in [5, 5.41) is 2.87. The van der Waals surface area contributed by atoms with Crippen LogP contribution in [0.2, 0.25) is 0 Å². The summed E-state index contributed by atoms with van der Waals surface area (Å²) in [7, 11) is 1.39. The van der Waals surface area contributed by atoms with E-state index in [0.717, 1.165) is 11.1 Å². The van der Waals surface area contributed by atoms with Gasteiger partial charge in [-0.15, -0.1) is 0 Å². The fourth-order valence-corrected chi connectivity index (χ4v) is 2.24. The number of carbonyl (C=O) groups is 1. The summed E-state index contributed by atoms with van der Waals surface area (Å²) < 4.78 is 18.5. The standard InChI is InChI=1S/C17H18FNO2/c1-11-6-4-5-7-14(11)12(2)19-17(20)13-8-9-16(21-3)15(18)10-13/h4-10,12H,1-3H3,(H,19,20)/t12-/m1/s1. The minimum Gasteiger partial charge on any atom is -0.494 e. The Labute approximate surface area is 123 Å². The number of aryl methyl sites for hydroxylation is 1. The van der Waals surface area contributed by atoms with Crippen molar-refractivity contribution in [3.05, 3.63) is 65.0 Å². The molecule has 1 N–H and O–H groups in total. The first-order chi connectivity index (χ1) is 10.0. The second-order valence-corrected chi connectivity index (χ2v) is 4.90. The third-order valence-corrected chi connectivity index (χ3v) is 3.42. The van der Waals surface area contributed by atoms with Crippen LogP contribution in [-0.4, -0.2) is 13.0 Å². The highest BCUT2D eigenvalue weighted by Gasteiger charge is 2.14. The molecule has 2 aromatic carbocycles. The Hall–Kier alpha value is -2.36. The summed E-state index contributed by atoms with van der Waals surface area (Å²) in [6.07, 6.45) is 0. The van der Waals surface area contributed by atoms with Crippen LogP contribution < -0.4 is 10.1 Å². The van der Waals surface area contributed by atoms with E-state index < -0.39 is 5.82 Å². The van der Waals surface area contributed by atoms with E-state index in [2.05, 4.69) is 5.32 Å². The van der Waals surface area contributed by atoms with E-state index in [1.54, 1.807) is 6.07 Å². The lowest BCUT2D eigenvalue weighted by molar-refractivity contribution is 0.0939. The Morgan fingerprint density at radius 3 is 2.57 bits per heavy atom. The lowest BCUT2D eigenvalue weighted by Gasteiger charge is -2.16. The molecule has 2 aromatic rings. The normalized spacial score (nSPS) is 11.8. The first-order valence-corrected chi connectivity index (χ1v) is 6.73. The van der Waals surface area contributed by atoms with Crippen LogP contribution in [0, 0.1) is 12.7 Å². The molecule has 0 saturated carbocycles. The quantitative estimate of drug-likeness (QED) is 0.932. The number of ether oxygens (including phenoxy) is 1. The van der Waals surface area contributed by atoms with Gasteiger partial charge in [0.05, 0.1) is 13.2 Å². The van der Waals surface area contributed by atoms with Gasteiger partial charge in [0.25, 0.3) is 5.91 Å². The van der Waals surface area contributed by atoms with Crippen LogP contribution in [0.5, 0.6) is 5.75 Å². The van der Waals surface area contributed by atoms with E-state index in [9.17, 15) is 9.18 Å². The lowest BCUT2D eigenvalue weighted by Crippen LogP contribution is -2.27. The molecule has 0 aromatic heterocycles. The van der Waals surface area contributed by atoms with Crippen LogP contribution in [0.15, 0.2) is 42.5 Å². The molecule has 0 radical (unpaired) electrons. The molecule has 0 aliphatic carbocycles. The molecule has 0 fully saturated rings. The molecule has 0 aliphatic rings. The van der Waals surface area contributed by atoms with Gasteiger partial charge in [0.2, 0.25) is 0 Å². The van der Waals surface area contributed by atoms with Gasteiger partial charge in [0.15, 0.2) is 11.6 Å². The summed E-state index contributed by atoms with van der Waals surface area (Å²) in [4.78, 5) is 12.2. The Bertz CT molecular complexity index is 655. The number of amides is 1. The average Bonchev–Trinajstić information content (AvgIpc) is 2.47. The van der Waals surface area contributed by atoms with Crippen molar-refractivity contribution in [1.29, 1.82) is 0 Å². The number of hydrogen-bond donors (Lipinski definition) is 1. The second kappa shape index (κ2) is 6.39. The predicted molar refractivity (Wildman–Crippen MR) is 80.0 cm³/mol. The van der Waals surface area contributed by atoms with Crippen molar-refractivity contribution in [3.63, 3.8) is 0 Å². The Morgan fingerprint density at radius 1 is 1.24 bits per heavy atom. The highest BCUT2D eigenvalue weighted by atomic mass is 19.1. The van der Waals surface area contributed by atoms with Gasteiger partial charge in [0.1, 0.15) is 0 Å². The Morgan fingerprint density at radius 2 is 1.95 bits per heavy atom. The molecule has 1 amide bonds. The molecule has 1 atom stereocenters. The van der Waals surface area contributed by atoms with E-state index in [0.29, 0.717) is 0 Å². The number of methoxy groups -OCH3 is 1. The van der Waals surface area contributed by atoms with Crippen molar-refractivity contribution >= 4 is 5.91 Å². The van der Waals surface area contributed by atoms with Crippen LogP contribution in [0.3, 0.4) is 0 Å². The molecule has 3 nitrogen and oxygen atoms in total. The smallest absolute Gasteiger partial charge is 0.251 e. The zero-order valence-corrected chi connectivity index (χ0v) is 12.3. The monoisotopic (exact) mass is 287 g/mol. The number of halogens is 1. The molecule has 0 heterocycles. The topological polar surface area (TPSA) is 38.3 Å². The van der Waals surface area contributed by atoms with E-state index in [1.807, 2.05) is 38.1 Å². The number of benzene rings is 2. The largest absolute Gasteiger partial charge is 0.494 e. The minimum atomic E-state index is -0.548. The van der Waals surface area contributed by atoms with E-state index >= 15 is 0 Å². The molecular formula is C17H18FNO2. The maximum atomic E-state index is 13.6. The van der Waals surface area contributed by atoms with Gasteiger partial charge in [-0.05, 0) is 43.2 Å². The molecule has 2 rings (SSSR count). The molecule has 0 saturated heterocycles. The van der Waals surface area contributed by atoms with E-state index in [4.69, 9.17) is 4.74 Å². The first-order valence-electron chi connectivity index (χ1n) is 6.73. The maximum absolute atomic E-state index is 13.6.